The molecule has 0 aliphatic carbocycles. The Hall–Kier alpha value is -3.40. The zero-order valence-corrected chi connectivity index (χ0v) is 22.5. The zero-order valence-electron chi connectivity index (χ0n) is 21.7. The maximum Gasteiger partial charge on any atom is 0.305 e. The minimum atomic E-state index is -1.59. The fraction of sp³-hybridized carbons (Fsp3) is 0.290. The van der Waals surface area contributed by atoms with E-state index < -0.39 is 30.1 Å². The second kappa shape index (κ2) is 13.1. The lowest BCUT2D eigenvalue weighted by Gasteiger charge is -2.32. The van der Waals surface area contributed by atoms with Gasteiger partial charge in [-0.25, -0.2) is 4.98 Å². The SMILES string of the molecule is CC(=O)O[C@]1(c2nccs2)O[C@H](COCc2ccccc2)[C@@H](OCc2ccccc2)[C@H]1OCc1ccccc1. The number of carbonyl (C=O) groups excluding carboxylic acids is 1. The first-order valence-corrected chi connectivity index (χ1v) is 13.7. The van der Waals surface area contributed by atoms with Gasteiger partial charge in [0.2, 0.25) is 0 Å². The molecule has 0 spiro atoms. The molecule has 0 unspecified atom stereocenters. The Morgan fingerprint density at radius 1 is 0.846 bits per heavy atom. The van der Waals surface area contributed by atoms with Crippen molar-refractivity contribution >= 4 is 17.3 Å². The molecule has 202 valence electrons. The lowest BCUT2D eigenvalue weighted by molar-refractivity contribution is -0.267. The first-order valence-electron chi connectivity index (χ1n) is 12.8. The van der Waals surface area contributed by atoms with Crippen LogP contribution < -0.4 is 0 Å². The summed E-state index contributed by atoms with van der Waals surface area (Å²) in [6, 6.07) is 29.6. The second-order valence-electron chi connectivity index (χ2n) is 9.23. The van der Waals surface area contributed by atoms with E-state index in [1.807, 2.05) is 96.4 Å². The third kappa shape index (κ3) is 6.79. The summed E-state index contributed by atoms with van der Waals surface area (Å²) in [5.41, 5.74) is 3.02. The fourth-order valence-corrected chi connectivity index (χ4v) is 5.34. The maximum atomic E-state index is 12.5. The molecule has 8 heteroatoms. The predicted molar refractivity (Wildman–Crippen MR) is 147 cm³/mol. The monoisotopic (exact) mass is 545 g/mol. The molecule has 0 radical (unpaired) electrons. The first kappa shape index (κ1) is 27.2. The number of rotatable bonds is 12. The Kier molecular flexibility index (Phi) is 9.13. The van der Waals surface area contributed by atoms with Gasteiger partial charge in [0.1, 0.15) is 12.2 Å². The molecule has 1 saturated heterocycles. The van der Waals surface area contributed by atoms with Crippen molar-refractivity contribution in [2.45, 2.75) is 50.8 Å². The molecule has 1 aromatic heterocycles. The summed E-state index contributed by atoms with van der Waals surface area (Å²) in [4.78, 5) is 16.9. The zero-order chi connectivity index (χ0) is 26.9. The average molecular weight is 546 g/mol. The average Bonchev–Trinajstić information content (AvgIpc) is 3.60. The van der Waals surface area contributed by atoms with Crippen LogP contribution in [0, 0.1) is 0 Å². The summed E-state index contributed by atoms with van der Waals surface area (Å²) in [7, 11) is 0. The molecule has 0 N–H and O–H groups in total. The van der Waals surface area contributed by atoms with E-state index in [0.717, 1.165) is 16.7 Å². The summed E-state index contributed by atoms with van der Waals surface area (Å²) in [6.45, 7) is 2.55. The molecule has 7 nitrogen and oxygen atoms in total. The van der Waals surface area contributed by atoms with Crippen molar-refractivity contribution in [1.29, 1.82) is 0 Å². The van der Waals surface area contributed by atoms with E-state index in [9.17, 15) is 4.79 Å². The van der Waals surface area contributed by atoms with Crippen LogP contribution in [0.3, 0.4) is 0 Å². The van der Waals surface area contributed by atoms with Crippen LogP contribution in [-0.4, -0.2) is 35.9 Å². The van der Waals surface area contributed by atoms with Crippen LogP contribution in [0.5, 0.6) is 0 Å². The van der Waals surface area contributed by atoms with Gasteiger partial charge in [-0.1, -0.05) is 91.0 Å². The Balaban J connectivity index is 1.45. The van der Waals surface area contributed by atoms with Crippen molar-refractivity contribution < 1.29 is 28.5 Å². The molecule has 0 amide bonds. The number of esters is 1. The highest BCUT2D eigenvalue weighted by molar-refractivity contribution is 7.09. The van der Waals surface area contributed by atoms with Crippen LogP contribution in [0.1, 0.15) is 28.6 Å². The van der Waals surface area contributed by atoms with Gasteiger partial charge < -0.3 is 23.7 Å². The van der Waals surface area contributed by atoms with Crippen LogP contribution in [0.25, 0.3) is 0 Å². The molecule has 3 aromatic carbocycles. The number of hydrogen-bond acceptors (Lipinski definition) is 8. The van der Waals surface area contributed by atoms with Gasteiger partial charge in [0.05, 0.1) is 26.4 Å². The van der Waals surface area contributed by atoms with Crippen LogP contribution in [-0.2, 0) is 54.1 Å². The highest BCUT2D eigenvalue weighted by Gasteiger charge is 2.62. The summed E-state index contributed by atoms with van der Waals surface area (Å²) < 4.78 is 31.6. The van der Waals surface area contributed by atoms with Crippen molar-refractivity contribution in [3.8, 4) is 0 Å². The molecule has 4 atom stereocenters. The number of aromatic nitrogens is 1. The number of thiazole rings is 1. The minimum absolute atomic E-state index is 0.202. The highest BCUT2D eigenvalue weighted by Crippen LogP contribution is 2.45. The Morgan fingerprint density at radius 2 is 1.41 bits per heavy atom. The van der Waals surface area contributed by atoms with E-state index >= 15 is 0 Å². The summed E-state index contributed by atoms with van der Waals surface area (Å²) in [5.74, 6) is -2.09. The van der Waals surface area contributed by atoms with Crippen molar-refractivity contribution in [2.24, 2.45) is 0 Å². The van der Waals surface area contributed by atoms with Crippen LogP contribution >= 0.6 is 11.3 Å². The number of hydrogen-bond donors (Lipinski definition) is 0. The smallest absolute Gasteiger partial charge is 0.305 e. The normalized spacial score (nSPS) is 22.5. The first-order chi connectivity index (χ1) is 19.1. The van der Waals surface area contributed by atoms with Gasteiger partial charge in [0, 0.05) is 18.5 Å². The highest BCUT2D eigenvalue weighted by atomic mass is 32.1. The Bertz CT molecular complexity index is 1290. The molecule has 4 aromatic rings. The van der Waals surface area contributed by atoms with Gasteiger partial charge in [0.25, 0.3) is 5.79 Å². The molecule has 0 saturated carbocycles. The maximum absolute atomic E-state index is 12.5. The second-order valence-corrected chi connectivity index (χ2v) is 10.1. The van der Waals surface area contributed by atoms with E-state index in [1.165, 1.54) is 18.3 Å². The van der Waals surface area contributed by atoms with E-state index in [2.05, 4.69) is 4.98 Å². The standard InChI is InChI=1S/C31H31NO6S/c1-23(33)37-31(30-32-17-18-39-30)29(36-21-26-15-9-4-10-16-26)28(35-20-25-13-7-3-8-14-25)27(38-31)22-34-19-24-11-5-2-6-12-24/h2-18,27-29H,19-22H2,1H3/t27-,28-,29-,31+/m1/s1. The number of carbonyl (C=O) groups is 1. The summed E-state index contributed by atoms with van der Waals surface area (Å²) >= 11 is 1.34. The molecule has 39 heavy (non-hydrogen) atoms. The van der Waals surface area contributed by atoms with Crippen LogP contribution in [0.4, 0.5) is 0 Å². The quantitative estimate of drug-likeness (QED) is 0.213. The van der Waals surface area contributed by atoms with Gasteiger partial charge in [-0.05, 0) is 16.7 Å². The van der Waals surface area contributed by atoms with Gasteiger partial charge in [-0.3, -0.25) is 4.79 Å². The number of benzene rings is 3. The minimum Gasteiger partial charge on any atom is -0.423 e. The van der Waals surface area contributed by atoms with E-state index in [4.69, 9.17) is 23.7 Å². The van der Waals surface area contributed by atoms with Crippen molar-refractivity contribution in [3.63, 3.8) is 0 Å². The lowest BCUT2D eigenvalue weighted by atomic mass is 10.0. The van der Waals surface area contributed by atoms with Crippen molar-refractivity contribution in [2.75, 3.05) is 6.61 Å². The largest absolute Gasteiger partial charge is 0.423 e. The molecule has 5 rings (SSSR count). The van der Waals surface area contributed by atoms with Crippen molar-refractivity contribution in [1.82, 2.24) is 4.98 Å². The summed E-state index contributed by atoms with van der Waals surface area (Å²) in [6.07, 6.45) is -0.363. The lowest BCUT2D eigenvalue weighted by Crippen LogP contribution is -2.46. The molecule has 1 aliphatic heterocycles. The third-order valence-corrected chi connectivity index (χ3v) is 7.21. The van der Waals surface area contributed by atoms with Gasteiger partial charge >= 0.3 is 5.97 Å². The Morgan fingerprint density at radius 3 is 1.95 bits per heavy atom. The van der Waals surface area contributed by atoms with Gasteiger partial charge in [-0.15, -0.1) is 11.3 Å². The molecule has 2 heterocycles. The third-order valence-electron chi connectivity index (χ3n) is 6.34. The molecule has 1 fully saturated rings. The van der Waals surface area contributed by atoms with E-state index in [-0.39, 0.29) is 13.2 Å². The van der Waals surface area contributed by atoms with Gasteiger partial charge in [0.15, 0.2) is 11.1 Å². The van der Waals surface area contributed by atoms with Crippen LogP contribution in [0.15, 0.2) is 103 Å². The molecule has 0 bridgehead atoms. The summed E-state index contributed by atoms with van der Waals surface area (Å²) in [5, 5.41) is 2.30. The van der Waals surface area contributed by atoms with Crippen molar-refractivity contribution in [3.05, 3.63) is 124 Å². The van der Waals surface area contributed by atoms with E-state index in [1.54, 1.807) is 6.20 Å². The number of ether oxygens (including phenoxy) is 5. The number of nitrogens with zero attached hydrogens (tertiary/aromatic N) is 1. The topological polar surface area (TPSA) is 76.1 Å². The van der Waals surface area contributed by atoms with E-state index in [0.29, 0.717) is 18.2 Å². The molecule has 1 aliphatic rings. The predicted octanol–water partition coefficient (Wildman–Crippen LogP) is 5.65. The van der Waals surface area contributed by atoms with Crippen LogP contribution in [0.2, 0.25) is 0 Å². The van der Waals surface area contributed by atoms with Gasteiger partial charge in [-0.2, -0.15) is 0 Å². The Labute approximate surface area is 232 Å². The molecular weight excluding hydrogens is 514 g/mol. The fourth-order valence-electron chi connectivity index (χ4n) is 4.60. The molecular formula is C31H31NO6S.